The van der Waals surface area contributed by atoms with Crippen LogP contribution in [0.5, 0.6) is 0 Å². The predicted octanol–water partition coefficient (Wildman–Crippen LogP) is 3.32. The minimum Gasteiger partial charge on any atom is -0.373 e. The number of aliphatic imine (C=N–C) groups is 1. The van der Waals surface area contributed by atoms with Crippen molar-refractivity contribution < 1.29 is 0 Å². The summed E-state index contributed by atoms with van der Waals surface area (Å²) in [6, 6.07) is 0. The predicted molar refractivity (Wildman–Crippen MR) is 77.0 cm³/mol. The topological polar surface area (TPSA) is 15.6 Å². The Hall–Kier alpha value is -1.02. The maximum atomic E-state index is 4.93. The van der Waals surface area contributed by atoms with Crippen molar-refractivity contribution in [2.45, 2.75) is 25.7 Å². The Labute approximate surface area is 115 Å². The van der Waals surface area contributed by atoms with E-state index in [0.29, 0.717) is 11.8 Å². The average Bonchev–Trinajstić information content (AvgIpc) is 2.78. The zero-order valence-electron chi connectivity index (χ0n) is 10.5. The molecule has 0 radical (unpaired) electrons. The van der Waals surface area contributed by atoms with E-state index in [1.807, 2.05) is 0 Å². The molecular formula is C15H19ClN2. The van der Waals surface area contributed by atoms with Gasteiger partial charge >= 0.3 is 0 Å². The van der Waals surface area contributed by atoms with Crippen molar-refractivity contribution in [3.8, 4) is 0 Å². The molecule has 1 aliphatic carbocycles. The summed E-state index contributed by atoms with van der Waals surface area (Å²) >= 11 is 0. The van der Waals surface area contributed by atoms with Crippen molar-refractivity contribution in [3.05, 3.63) is 35.7 Å². The van der Waals surface area contributed by atoms with E-state index in [4.69, 9.17) is 4.99 Å². The van der Waals surface area contributed by atoms with Crippen LogP contribution in [0.15, 0.2) is 40.7 Å². The third-order valence-electron chi connectivity index (χ3n) is 4.55. The van der Waals surface area contributed by atoms with Gasteiger partial charge in [-0.2, -0.15) is 0 Å². The van der Waals surface area contributed by atoms with Gasteiger partial charge in [-0.3, -0.25) is 4.99 Å². The van der Waals surface area contributed by atoms with Crippen molar-refractivity contribution in [2.75, 3.05) is 13.1 Å². The van der Waals surface area contributed by atoms with Gasteiger partial charge in [0, 0.05) is 36.3 Å². The Kier molecular flexibility index (Phi) is 3.06. The number of nitrogens with zero attached hydrogens (tertiary/aromatic N) is 2. The Balaban J connectivity index is 0.000001000. The van der Waals surface area contributed by atoms with Gasteiger partial charge in [-0.05, 0) is 31.8 Å². The molecule has 2 unspecified atom stereocenters. The molecule has 3 aliphatic heterocycles. The fraction of sp³-hybridized carbons (Fsp3) is 0.533. The Morgan fingerprint density at radius 2 is 2.11 bits per heavy atom. The highest BCUT2D eigenvalue weighted by atomic mass is 35.5. The normalized spacial score (nSPS) is 32.4. The van der Waals surface area contributed by atoms with Gasteiger partial charge in [-0.1, -0.05) is 18.2 Å². The van der Waals surface area contributed by atoms with Crippen LogP contribution in [-0.2, 0) is 0 Å². The first-order valence-electron chi connectivity index (χ1n) is 6.85. The molecule has 2 atom stereocenters. The molecule has 0 N–H and O–H groups in total. The minimum absolute atomic E-state index is 0. The van der Waals surface area contributed by atoms with Crippen molar-refractivity contribution in [2.24, 2.45) is 16.8 Å². The summed E-state index contributed by atoms with van der Waals surface area (Å²) < 4.78 is 0. The maximum absolute atomic E-state index is 4.93. The molecule has 0 amide bonds. The maximum Gasteiger partial charge on any atom is 0.0639 e. The number of hydrogen-bond donors (Lipinski definition) is 0. The molecule has 0 aromatic heterocycles. The Morgan fingerprint density at radius 1 is 1.17 bits per heavy atom. The Morgan fingerprint density at radius 3 is 3.06 bits per heavy atom. The van der Waals surface area contributed by atoms with Crippen LogP contribution in [0.4, 0.5) is 0 Å². The molecular weight excluding hydrogens is 244 g/mol. The fourth-order valence-corrected chi connectivity index (χ4v) is 3.71. The van der Waals surface area contributed by atoms with E-state index in [-0.39, 0.29) is 12.4 Å². The zero-order valence-corrected chi connectivity index (χ0v) is 11.3. The lowest BCUT2D eigenvalue weighted by atomic mass is 9.81. The standard InChI is InChI=1S/C15H18N2.ClH/c1-2-6-13-11(5-1)12-8-10-17-9-4-3-7-14(17)15(12)16-13;/h1-2,5-6,11-12H,3-4,7-10H2;1H. The highest BCUT2D eigenvalue weighted by Crippen LogP contribution is 2.43. The van der Waals surface area contributed by atoms with Gasteiger partial charge in [0.05, 0.1) is 5.70 Å². The van der Waals surface area contributed by atoms with Gasteiger partial charge < -0.3 is 4.90 Å². The Bertz CT molecular complexity index is 473. The molecule has 2 nitrogen and oxygen atoms in total. The van der Waals surface area contributed by atoms with E-state index in [2.05, 4.69) is 29.2 Å². The molecule has 4 aliphatic rings. The highest BCUT2D eigenvalue weighted by molar-refractivity contribution is 6.02. The van der Waals surface area contributed by atoms with Gasteiger partial charge in [0.15, 0.2) is 0 Å². The highest BCUT2D eigenvalue weighted by Gasteiger charge is 2.39. The number of hydrogen-bond acceptors (Lipinski definition) is 2. The van der Waals surface area contributed by atoms with E-state index in [1.165, 1.54) is 50.2 Å². The lowest BCUT2D eigenvalue weighted by Crippen LogP contribution is -2.36. The molecule has 0 bridgehead atoms. The SMILES string of the molecule is C1=CC2=NC3=C4CCCCN4CCC3C2C=C1.Cl. The largest absolute Gasteiger partial charge is 0.373 e. The molecule has 3 heteroatoms. The molecule has 0 saturated carbocycles. The number of fused-ring (bicyclic) bond motifs is 4. The first-order valence-corrected chi connectivity index (χ1v) is 6.85. The second-order valence-electron chi connectivity index (χ2n) is 5.48. The van der Waals surface area contributed by atoms with Crippen molar-refractivity contribution in [3.63, 3.8) is 0 Å². The molecule has 1 fully saturated rings. The molecule has 96 valence electrons. The smallest absolute Gasteiger partial charge is 0.0639 e. The van der Waals surface area contributed by atoms with Crippen molar-refractivity contribution in [1.29, 1.82) is 0 Å². The number of halogens is 1. The van der Waals surface area contributed by atoms with Crippen LogP contribution in [0.25, 0.3) is 0 Å². The van der Waals surface area contributed by atoms with Crippen LogP contribution >= 0.6 is 12.4 Å². The van der Waals surface area contributed by atoms with Gasteiger partial charge in [0.25, 0.3) is 0 Å². The van der Waals surface area contributed by atoms with Crippen LogP contribution in [-0.4, -0.2) is 23.7 Å². The molecule has 18 heavy (non-hydrogen) atoms. The van der Waals surface area contributed by atoms with Gasteiger partial charge in [-0.15, -0.1) is 12.4 Å². The fourth-order valence-electron chi connectivity index (χ4n) is 3.71. The number of piperidine rings is 1. The van der Waals surface area contributed by atoms with E-state index in [9.17, 15) is 0 Å². The van der Waals surface area contributed by atoms with Crippen molar-refractivity contribution in [1.82, 2.24) is 4.90 Å². The summed E-state index contributed by atoms with van der Waals surface area (Å²) in [5.41, 5.74) is 4.29. The van der Waals surface area contributed by atoms with Crippen LogP contribution < -0.4 is 0 Å². The lowest BCUT2D eigenvalue weighted by Gasteiger charge is -2.38. The van der Waals surface area contributed by atoms with Gasteiger partial charge in [-0.25, -0.2) is 0 Å². The molecule has 0 spiro atoms. The van der Waals surface area contributed by atoms with Crippen LogP contribution in [0.3, 0.4) is 0 Å². The zero-order chi connectivity index (χ0) is 11.2. The second kappa shape index (κ2) is 4.58. The van der Waals surface area contributed by atoms with E-state index in [1.54, 1.807) is 5.70 Å². The second-order valence-corrected chi connectivity index (χ2v) is 5.48. The van der Waals surface area contributed by atoms with Crippen molar-refractivity contribution >= 4 is 18.1 Å². The molecule has 3 heterocycles. The van der Waals surface area contributed by atoms with Crippen LogP contribution in [0.1, 0.15) is 25.7 Å². The molecule has 4 rings (SSSR count). The summed E-state index contributed by atoms with van der Waals surface area (Å²) in [6.07, 6.45) is 14.1. The average molecular weight is 263 g/mol. The summed E-state index contributed by atoms with van der Waals surface area (Å²) in [4.78, 5) is 7.52. The summed E-state index contributed by atoms with van der Waals surface area (Å²) in [7, 11) is 0. The lowest BCUT2D eigenvalue weighted by molar-refractivity contribution is 0.238. The molecule has 0 aromatic rings. The van der Waals surface area contributed by atoms with E-state index < -0.39 is 0 Å². The first-order chi connectivity index (χ1) is 8.43. The third kappa shape index (κ3) is 1.66. The van der Waals surface area contributed by atoms with Crippen LogP contribution in [0.2, 0.25) is 0 Å². The summed E-state index contributed by atoms with van der Waals surface area (Å²) in [5, 5.41) is 0. The molecule has 0 aromatic carbocycles. The van der Waals surface area contributed by atoms with E-state index >= 15 is 0 Å². The van der Waals surface area contributed by atoms with Crippen LogP contribution in [0, 0.1) is 11.8 Å². The molecule has 1 saturated heterocycles. The first kappa shape index (κ1) is 12.0. The van der Waals surface area contributed by atoms with Gasteiger partial charge in [0.1, 0.15) is 0 Å². The summed E-state index contributed by atoms with van der Waals surface area (Å²) in [6.45, 7) is 2.51. The number of allylic oxidation sites excluding steroid dienone is 6. The van der Waals surface area contributed by atoms with E-state index in [0.717, 1.165) is 0 Å². The quantitative estimate of drug-likeness (QED) is 0.654. The third-order valence-corrected chi connectivity index (χ3v) is 4.55. The number of rotatable bonds is 0. The minimum atomic E-state index is 0. The summed E-state index contributed by atoms with van der Waals surface area (Å²) in [5.74, 6) is 1.25. The monoisotopic (exact) mass is 262 g/mol. The van der Waals surface area contributed by atoms with Gasteiger partial charge in [0.2, 0.25) is 0 Å².